The molecule has 0 atom stereocenters. The normalized spacial score (nSPS) is 11.8. The molecule has 0 aliphatic rings. The average molecular weight is 863 g/mol. The lowest BCUT2D eigenvalue weighted by Crippen LogP contribution is -2.29. The fourth-order valence-corrected chi connectivity index (χ4v) is 8.84. The predicted octanol–water partition coefficient (Wildman–Crippen LogP) is 16.7. The minimum Gasteiger partial charge on any atom is -0.462 e. The van der Waals surface area contributed by atoms with Crippen LogP contribution >= 0.6 is 0 Å². The van der Waals surface area contributed by atoms with Crippen LogP contribution in [0.25, 0.3) is 0 Å². The molecule has 0 aliphatic carbocycles. The van der Waals surface area contributed by atoms with E-state index in [-0.39, 0.29) is 24.1 Å². The van der Waals surface area contributed by atoms with Gasteiger partial charge in [0.2, 0.25) is 0 Å². The van der Waals surface area contributed by atoms with Gasteiger partial charge in [0, 0.05) is 12.8 Å². The Labute approximate surface area is 383 Å². The van der Waals surface area contributed by atoms with Crippen molar-refractivity contribution in [3.63, 3.8) is 0 Å². The molecule has 0 aromatic rings. The first kappa shape index (κ1) is 59.9. The Hall–Kier alpha value is -1.14. The summed E-state index contributed by atoms with van der Waals surface area (Å²) in [5.41, 5.74) is 0. The van der Waals surface area contributed by atoms with Crippen LogP contribution in [0.3, 0.4) is 0 Å². The molecule has 0 radical (unpaired) electrons. The van der Waals surface area contributed by atoms with E-state index in [0.29, 0.717) is 12.8 Å². The number of rotatable bonds is 50. The quantitative estimate of drug-likeness (QED) is 0.0449. The van der Waals surface area contributed by atoms with Crippen molar-refractivity contribution in [1.82, 2.24) is 9.80 Å². The lowest BCUT2D eigenvalue weighted by molar-refractivity contribution is -0.151. The fourth-order valence-electron chi connectivity index (χ4n) is 8.84. The van der Waals surface area contributed by atoms with Crippen LogP contribution in [0.2, 0.25) is 0 Å². The van der Waals surface area contributed by atoms with Crippen molar-refractivity contribution in [3.8, 4) is 0 Å². The zero-order chi connectivity index (χ0) is 44.7. The number of hydrogen-bond acceptors (Lipinski definition) is 6. The Balaban J connectivity index is 4.44. The van der Waals surface area contributed by atoms with Crippen molar-refractivity contribution >= 4 is 11.9 Å². The van der Waals surface area contributed by atoms with E-state index in [1.54, 1.807) is 0 Å². The number of carbonyl (C=O) groups excluding carboxylic acids is 2. The van der Waals surface area contributed by atoms with Crippen molar-refractivity contribution in [3.05, 3.63) is 0 Å². The monoisotopic (exact) mass is 863 g/mol. The first-order valence-corrected chi connectivity index (χ1v) is 27.6. The average Bonchev–Trinajstić information content (AvgIpc) is 3.24. The highest BCUT2D eigenvalue weighted by atomic mass is 16.5. The second kappa shape index (κ2) is 48.3. The molecule has 0 aromatic carbocycles. The summed E-state index contributed by atoms with van der Waals surface area (Å²) in [6.07, 6.45) is 49.4. The SMILES string of the molecule is CCCCCCCCC(CCCCCCCC)OC(=O)CCCCCCCN(CCCCCCCC(=O)OC(CCCCCCCC)CCCCCCCC)CCCN(C)C. The Morgan fingerprint density at radius 3 is 0.902 bits per heavy atom. The van der Waals surface area contributed by atoms with Gasteiger partial charge in [0.25, 0.3) is 0 Å². The lowest BCUT2D eigenvalue weighted by atomic mass is 10.0. The summed E-state index contributed by atoms with van der Waals surface area (Å²) in [5, 5.41) is 0. The number of ether oxygens (including phenoxy) is 2. The van der Waals surface area contributed by atoms with Gasteiger partial charge in [-0.05, 0) is 124 Å². The summed E-state index contributed by atoms with van der Waals surface area (Å²) in [7, 11) is 4.35. The van der Waals surface area contributed by atoms with E-state index in [2.05, 4.69) is 51.6 Å². The van der Waals surface area contributed by atoms with E-state index in [4.69, 9.17) is 9.47 Å². The number of hydrogen-bond donors (Lipinski definition) is 0. The van der Waals surface area contributed by atoms with Gasteiger partial charge < -0.3 is 19.3 Å². The Kier molecular flexibility index (Phi) is 47.4. The van der Waals surface area contributed by atoms with Crippen molar-refractivity contribution in [1.29, 1.82) is 0 Å². The minimum absolute atomic E-state index is 0.0419. The molecule has 61 heavy (non-hydrogen) atoms. The van der Waals surface area contributed by atoms with Crippen molar-refractivity contribution in [2.75, 3.05) is 40.3 Å². The number of carbonyl (C=O) groups is 2. The van der Waals surface area contributed by atoms with Gasteiger partial charge in [-0.1, -0.05) is 195 Å². The smallest absolute Gasteiger partial charge is 0.306 e. The summed E-state index contributed by atoms with van der Waals surface area (Å²) in [6, 6.07) is 0. The molecule has 0 fully saturated rings. The first-order valence-electron chi connectivity index (χ1n) is 27.6. The van der Waals surface area contributed by atoms with E-state index in [9.17, 15) is 9.59 Å². The summed E-state index contributed by atoms with van der Waals surface area (Å²) in [5.74, 6) is 0.0837. The summed E-state index contributed by atoms with van der Waals surface area (Å²) < 4.78 is 12.2. The van der Waals surface area contributed by atoms with Gasteiger partial charge in [0.05, 0.1) is 0 Å². The maximum absolute atomic E-state index is 12.9. The number of nitrogens with zero attached hydrogens (tertiary/aromatic N) is 2. The molecule has 0 bridgehead atoms. The highest BCUT2D eigenvalue weighted by molar-refractivity contribution is 5.69. The van der Waals surface area contributed by atoms with Crippen LogP contribution in [0.15, 0.2) is 0 Å². The molecular weight excluding hydrogens is 753 g/mol. The van der Waals surface area contributed by atoms with E-state index in [0.717, 1.165) is 57.9 Å². The molecule has 0 amide bonds. The molecule has 364 valence electrons. The molecular formula is C55H110N2O4. The van der Waals surface area contributed by atoms with Crippen molar-refractivity contribution in [2.24, 2.45) is 0 Å². The molecule has 0 saturated carbocycles. The molecule has 6 nitrogen and oxygen atoms in total. The second-order valence-corrected chi connectivity index (χ2v) is 19.5. The van der Waals surface area contributed by atoms with Gasteiger partial charge in [-0.2, -0.15) is 0 Å². The summed E-state index contributed by atoms with van der Waals surface area (Å²) in [6.45, 7) is 13.8. The molecule has 0 rings (SSSR count). The Bertz CT molecular complexity index is 801. The molecule has 6 heteroatoms. The maximum atomic E-state index is 12.9. The minimum atomic E-state index is 0.0419. The third-order valence-electron chi connectivity index (χ3n) is 12.9. The zero-order valence-electron chi connectivity index (χ0n) is 42.5. The van der Waals surface area contributed by atoms with E-state index < -0.39 is 0 Å². The molecule has 0 spiro atoms. The van der Waals surface area contributed by atoms with Crippen LogP contribution in [0.1, 0.15) is 291 Å². The van der Waals surface area contributed by atoms with Gasteiger partial charge >= 0.3 is 11.9 Å². The molecule has 0 aliphatic heterocycles. The number of unbranched alkanes of at least 4 members (excludes halogenated alkanes) is 28. The second-order valence-electron chi connectivity index (χ2n) is 19.5. The van der Waals surface area contributed by atoms with Crippen LogP contribution in [0.4, 0.5) is 0 Å². The van der Waals surface area contributed by atoms with E-state index in [1.165, 1.54) is 219 Å². The van der Waals surface area contributed by atoms with Crippen LogP contribution in [-0.2, 0) is 19.1 Å². The summed E-state index contributed by atoms with van der Waals surface area (Å²) >= 11 is 0. The van der Waals surface area contributed by atoms with Crippen molar-refractivity contribution in [2.45, 2.75) is 303 Å². The van der Waals surface area contributed by atoms with Gasteiger partial charge in [0.15, 0.2) is 0 Å². The van der Waals surface area contributed by atoms with Crippen molar-refractivity contribution < 1.29 is 19.1 Å². The van der Waals surface area contributed by atoms with Gasteiger partial charge in [-0.25, -0.2) is 0 Å². The number of esters is 2. The topological polar surface area (TPSA) is 59.1 Å². The third kappa shape index (κ3) is 45.2. The van der Waals surface area contributed by atoms with Crippen LogP contribution < -0.4 is 0 Å². The van der Waals surface area contributed by atoms with Crippen LogP contribution in [0.5, 0.6) is 0 Å². The first-order chi connectivity index (χ1) is 29.9. The summed E-state index contributed by atoms with van der Waals surface area (Å²) in [4.78, 5) is 30.7. The standard InChI is InChI=1S/C55H110N2O4/c1-7-11-15-19-25-33-42-52(43-34-26-20-16-12-8-2)60-54(58)46-37-29-23-31-39-49-57(51-41-48-56(5)6)50-40-32-24-30-38-47-55(59)61-53(44-35-27-21-17-13-9-3)45-36-28-22-18-14-10-4/h52-53H,7-51H2,1-6H3. The molecule has 0 unspecified atom stereocenters. The van der Waals surface area contributed by atoms with Gasteiger partial charge in [0.1, 0.15) is 12.2 Å². The Morgan fingerprint density at radius 2 is 0.590 bits per heavy atom. The highest BCUT2D eigenvalue weighted by Crippen LogP contribution is 2.20. The predicted molar refractivity (Wildman–Crippen MR) is 267 cm³/mol. The zero-order valence-corrected chi connectivity index (χ0v) is 42.5. The molecule has 0 saturated heterocycles. The van der Waals surface area contributed by atoms with E-state index >= 15 is 0 Å². The fraction of sp³-hybridized carbons (Fsp3) is 0.964. The third-order valence-corrected chi connectivity index (χ3v) is 12.9. The van der Waals surface area contributed by atoms with Gasteiger partial charge in [-0.3, -0.25) is 9.59 Å². The highest BCUT2D eigenvalue weighted by Gasteiger charge is 2.16. The molecule has 0 N–H and O–H groups in total. The maximum Gasteiger partial charge on any atom is 0.306 e. The largest absolute Gasteiger partial charge is 0.462 e. The van der Waals surface area contributed by atoms with Gasteiger partial charge in [-0.15, -0.1) is 0 Å². The lowest BCUT2D eigenvalue weighted by Gasteiger charge is -2.23. The van der Waals surface area contributed by atoms with E-state index in [1.807, 2.05) is 0 Å². The molecule has 0 heterocycles. The Morgan fingerprint density at radius 1 is 0.328 bits per heavy atom. The van der Waals surface area contributed by atoms with Crippen LogP contribution in [-0.4, -0.2) is 74.2 Å². The van der Waals surface area contributed by atoms with Crippen LogP contribution in [0, 0.1) is 0 Å². The molecule has 0 aromatic heterocycles.